The number of hydrogen-bond donors (Lipinski definition) is 2. The number of H-pyrrole nitrogens is 1. The van der Waals surface area contributed by atoms with Crippen LogP contribution in [-0.4, -0.2) is 69.1 Å². The fourth-order valence-electron chi connectivity index (χ4n) is 5.65. The lowest BCUT2D eigenvalue weighted by Gasteiger charge is -2.35. The molecule has 0 unspecified atom stereocenters. The van der Waals surface area contributed by atoms with Gasteiger partial charge in [-0.1, -0.05) is 24.3 Å². The van der Waals surface area contributed by atoms with Crippen LogP contribution in [-0.2, 0) is 6.54 Å². The van der Waals surface area contributed by atoms with E-state index in [2.05, 4.69) is 52.0 Å². The summed E-state index contributed by atoms with van der Waals surface area (Å²) in [7, 11) is 0. The van der Waals surface area contributed by atoms with Crippen LogP contribution < -0.4 is 4.90 Å². The number of benzene rings is 2. The maximum absolute atomic E-state index is 13.7. The van der Waals surface area contributed by atoms with Crippen molar-refractivity contribution in [2.24, 2.45) is 0 Å². The second-order valence-corrected chi connectivity index (χ2v) is 10.3. The summed E-state index contributed by atoms with van der Waals surface area (Å²) in [5, 5.41) is 15.0. The highest BCUT2D eigenvalue weighted by Crippen LogP contribution is 2.35. The Hall–Kier alpha value is -4.01. The highest BCUT2D eigenvalue weighted by molar-refractivity contribution is 5.97. The molecule has 1 fully saturated rings. The molecule has 2 N–H and O–H groups in total. The van der Waals surface area contributed by atoms with Crippen molar-refractivity contribution in [1.82, 2.24) is 24.6 Å². The average Bonchev–Trinajstić information content (AvgIpc) is 3.48. The molecule has 6 rings (SSSR count). The summed E-state index contributed by atoms with van der Waals surface area (Å²) in [5.74, 6) is -0.238. The topological polar surface area (TPSA) is 73.2 Å². The van der Waals surface area contributed by atoms with E-state index in [9.17, 15) is 9.50 Å². The zero-order valence-electron chi connectivity index (χ0n) is 22.4. The predicted octanol–water partition coefficient (Wildman–Crippen LogP) is 5.01. The third-order valence-corrected chi connectivity index (χ3v) is 7.76. The number of rotatable bonds is 7. The van der Waals surface area contributed by atoms with Crippen LogP contribution in [0.25, 0.3) is 33.3 Å². The van der Waals surface area contributed by atoms with E-state index in [0.717, 1.165) is 83.0 Å². The van der Waals surface area contributed by atoms with Gasteiger partial charge in [0.1, 0.15) is 11.5 Å². The van der Waals surface area contributed by atoms with E-state index in [1.165, 1.54) is 11.8 Å². The highest BCUT2D eigenvalue weighted by atomic mass is 19.1. The second kappa shape index (κ2) is 10.6. The minimum absolute atomic E-state index is 0.215. The molecule has 4 heterocycles. The summed E-state index contributed by atoms with van der Waals surface area (Å²) in [6, 6.07) is 17.6. The standard InChI is InChI=1S/C31H33FN6O/c1-21-30(22(2)38(35-21)20-23-4-3-5-26(32)16-23)29-19-34-31-28(29)17-25(18-33-31)24-6-8-27(9-7-24)37-12-10-36(11-13-37)14-15-39/h3-9,16-19,39H,10-15,20H2,1-2H3,(H,33,34). The molecular formula is C31H33FN6O. The first-order valence-corrected chi connectivity index (χ1v) is 13.4. The SMILES string of the molecule is Cc1nn(Cc2cccc(F)c2)c(C)c1-c1c[nH]c2ncc(-c3ccc(N4CCN(CCO)CC4)cc3)cc12. The molecule has 3 aromatic heterocycles. The summed E-state index contributed by atoms with van der Waals surface area (Å²) >= 11 is 0. The molecular weight excluding hydrogens is 491 g/mol. The van der Waals surface area contributed by atoms with Gasteiger partial charge in [-0.15, -0.1) is 0 Å². The van der Waals surface area contributed by atoms with Gasteiger partial charge in [-0.3, -0.25) is 9.58 Å². The van der Waals surface area contributed by atoms with Gasteiger partial charge in [-0.2, -0.15) is 5.10 Å². The molecule has 0 atom stereocenters. The average molecular weight is 525 g/mol. The number of nitrogens with zero attached hydrogens (tertiary/aromatic N) is 5. The van der Waals surface area contributed by atoms with Gasteiger partial charge in [-0.25, -0.2) is 9.37 Å². The minimum Gasteiger partial charge on any atom is -0.395 e. The van der Waals surface area contributed by atoms with Crippen molar-refractivity contribution in [1.29, 1.82) is 0 Å². The Bertz CT molecular complexity index is 1600. The van der Waals surface area contributed by atoms with Gasteiger partial charge in [0.05, 0.1) is 18.8 Å². The smallest absolute Gasteiger partial charge is 0.137 e. The van der Waals surface area contributed by atoms with Crippen LogP contribution in [0.1, 0.15) is 17.0 Å². The molecule has 39 heavy (non-hydrogen) atoms. The van der Waals surface area contributed by atoms with Crippen molar-refractivity contribution < 1.29 is 9.50 Å². The van der Waals surface area contributed by atoms with E-state index >= 15 is 0 Å². The number of halogens is 1. The van der Waals surface area contributed by atoms with Crippen molar-refractivity contribution in [3.8, 4) is 22.3 Å². The number of aromatic amines is 1. The number of hydrogen-bond acceptors (Lipinski definition) is 5. The first-order valence-electron chi connectivity index (χ1n) is 13.4. The molecule has 0 saturated carbocycles. The zero-order chi connectivity index (χ0) is 26.9. The van der Waals surface area contributed by atoms with Gasteiger partial charge in [0.15, 0.2) is 0 Å². The first kappa shape index (κ1) is 25.3. The quantitative estimate of drug-likeness (QED) is 0.313. The molecule has 0 aliphatic carbocycles. The first-order chi connectivity index (χ1) is 19.0. The van der Waals surface area contributed by atoms with Gasteiger partial charge in [0, 0.05) is 78.6 Å². The molecule has 200 valence electrons. The van der Waals surface area contributed by atoms with Gasteiger partial charge in [0.2, 0.25) is 0 Å². The normalized spacial score (nSPS) is 14.4. The van der Waals surface area contributed by atoms with E-state index in [1.807, 2.05) is 30.1 Å². The fourth-order valence-corrected chi connectivity index (χ4v) is 5.65. The Morgan fingerprint density at radius 1 is 0.974 bits per heavy atom. The van der Waals surface area contributed by atoms with Crippen LogP contribution in [0.15, 0.2) is 67.0 Å². The van der Waals surface area contributed by atoms with E-state index < -0.39 is 0 Å². The monoisotopic (exact) mass is 524 g/mol. The maximum atomic E-state index is 13.7. The lowest BCUT2D eigenvalue weighted by Crippen LogP contribution is -2.47. The number of aryl methyl sites for hydroxylation is 1. The number of aliphatic hydroxyl groups is 1. The van der Waals surface area contributed by atoms with Gasteiger partial charge < -0.3 is 15.0 Å². The molecule has 0 amide bonds. The summed E-state index contributed by atoms with van der Waals surface area (Å²) in [6.07, 6.45) is 3.92. The highest BCUT2D eigenvalue weighted by Gasteiger charge is 2.19. The second-order valence-electron chi connectivity index (χ2n) is 10.3. The molecule has 1 aliphatic heterocycles. The number of fused-ring (bicyclic) bond motifs is 1. The minimum atomic E-state index is -0.238. The van der Waals surface area contributed by atoms with E-state index in [4.69, 9.17) is 10.1 Å². The zero-order valence-corrected chi connectivity index (χ0v) is 22.4. The van der Waals surface area contributed by atoms with Crippen molar-refractivity contribution in [2.45, 2.75) is 20.4 Å². The predicted molar refractivity (Wildman–Crippen MR) is 153 cm³/mol. The van der Waals surface area contributed by atoms with Crippen LogP contribution >= 0.6 is 0 Å². The molecule has 2 aromatic carbocycles. The number of aromatic nitrogens is 4. The van der Waals surface area contributed by atoms with Crippen molar-refractivity contribution >= 4 is 16.7 Å². The van der Waals surface area contributed by atoms with Crippen LogP contribution in [0.4, 0.5) is 10.1 Å². The largest absolute Gasteiger partial charge is 0.395 e. The Morgan fingerprint density at radius 2 is 1.77 bits per heavy atom. The lowest BCUT2D eigenvalue weighted by molar-refractivity contribution is 0.189. The molecule has 8 heteroatoms. The molecule has 5 aromatic rings. The van der Waals surface area contributed by atoms with Crippen LogP contribution in [0, 0.1) is 19.7 Å². The Morgan fingerprint density at radius 3 is 2.51 bits per heavy atom. The van der Waals surface area contributed by atoms with E-state index in [0.29, 0.717) is 6.54 Å². The molecule has 1 aliphatic rings. The third-order valence-electron chi connectivity index (χ3n) is 7.76. The molecule has 0 spiro atoms. The summed E-state index contributed by atoms with van der Waals surface area (Å²) in [5.41, 5.74) is 9.22. The van der Waals surface area contributed by atoms with Crippen LogP contribution in [0.2, 0.25) is 0 Å². The number of β-amino-alcohol motifs (C(OH)–C–C–N with tert-alkyl or cyclic N) is 1. The van der Waals surface area contributed by atoms with Gasteiger partial charge in [-0.05, 0) is 55.3 Å². The van der Waals surface area contributed by atoms with E-state index in [1.54, 1.807) is 12.1 Å². The Kier molecular flexibility index (Phi) is 6.89. The molecule has 1 saturated heterocycles. The molecule has 0 radical (unpaired) electrons. The Balaban J connectivity index is 1.27. The van der Waals surface area contributed by atoms with E-state index in [-0.39, 0.29) is 12.4 Å². The maximum Gasteiger partial charge on any atom is 0.137 e. The lowest BCUT2D eigenvalue weighted by atomic mass is 10.0. The number of piperazine rings is 1. The number of aliphatic hydroxyl groups excluding tert-OH is 1. The van der Waals surface area contributed by atoms with Crippen LogP contribution in [0.3, 0.4) is 0 Å². The number of nitrogens with one attached hydrogen (secondary N) is 1. The summed E-state index contributed by atoms with van der Waals surface area (Å²) in [6.45, 7) is 9.42. The number of pyridine rings is 1. The van der Waals surface area contributed by atoms with Crippen molar-refractivity contribution in [2.75, 3.05) is 44.2 Å². The molecule has 7 nitrogen and oxygen atoms in total. The summed E-state index contributed by atoms with van der Waals surface area (Å²) in [4.78, 5) is 12.8. The van der Waals surface area contributed by atoms with Gasteiger partial charge >= 0.3 is 0 Å². The van der Waals surface area contributed by atoms with Crippen LogP contribution in [0.5, 0.6) is 0 Å². The number of anilines is 1. The molecule has 0 bridgehead atoms. The third kappa shape index (κ3) is 5.05. The van der Waals surface area contributed by atoms with Gasteiger partial charge in [0.25, 0.3) is 0 Å². The summed E-state index contributed by atoms with van der Waals surface area (Å²) < 4.78 is 15.7. The fraction of sp³-hybridized carbons (Fsp3) is 0.290. The van der Waals surface area contributed by atoms with Crippen molar-refractivity contribution in [3.05, 3.63) is 89.8 Å². The Labute approximate surface area is 227 Å². The van der Waals surface area contributed by atoms with Crippen molar-refractivity contribution in [3.63, 3.8) is 0 Å².